The molecule has 0 bridgehead atoms. The van der Waals surface area contributed by atoms with Gasteiger partial charge in [-0.05, 0) is 52.2 Å². The predicted octanol–water partition coefficient (Wildman–Crippen LogP) is 2.81. The Labute approximate surface area is 155 Å². The van der Waals surface area contributed by atoms with E-state index in [1.165, 1.54) is 11.1 Å². The van der Waals surface area contributed by atoms with Gasteiger partial charge in [0.25, 0.3) is 0 Å². The number of benzene rings is 1. The van der Waals surface area contributed by atoms with Crippen LogP contribution in [0.25, 0.3) is 0 Å². The second-order valence-electron chi connectivity index (χ2n) is 8.81. The quantitative estimate of drug-likeness (QED) is 0.838. The molecule has 0 aliphatic carbocycles. The highest BCUT2D eigenvalue weighted by molar-refractivity contribution is 5.81. The lowest BCUT2D eigenvalue weighted by Crippen LogP contribution is -2.57. The van der Waals surface area contributed by atoms with Crippen molar-refractivity contribution >= 4 is 5.91 Å². The monoisotopic (exact) mass is 358 g/mol. The van der Waals surface area contributed by atoms with Crippen LogP contribution >= 0.6 is 0 Å². The molecule has 142 valence electrons. The number of ether oxygens (including phenoxy) is 2. The van der Waals surface area contributed by atoms with Crippen molar-refractivity contribution in [2.24, 2.45) is 17.6 Å². The lowest BCUT2D eigenvalue weighted by molar-refractivity contribution is -0.188. The SMILES string of the molecule is Cc1ccc2c(c1)OC(C)(C)[C@H]1C[C@@H]3CN(C(=O)[C@@H](C)N)CC[C@@H]3O[C@H]21. The van der Waals surface area contributed by atoms with Crippen molar-refractivity contribution < 1.29 is 14.3 Å². The summed E-state index contributed by atoms with van der Waals surface area (Å²) < 4.78 is 13.0. The van der Waals surface area contributed by atoms with Crippen molar-refractivity contribution in [3.05, 3.63) is 29.3 Å². The lowest BCUT2D eigenvalue weighted by Gasteiger charge is -2.53. The van der Waals surface area contributed by atoms with Gasteiger partial charge in [0, 0.05) is 30.5 Å². The second kappa shape index (κ2) is 6.24. The fourth-order valence-electron chi connectivity index (χ4n) is 4.90. The predicted molar refractivity (Wildman–Crippen MR) is 99.9 cm³/mol. The van der Waals surface area contributed by atoms with E-state index < -0.39 is 6.04 Å². The van der Waals surface area contributed by atoms with Crippen molar-refractivity contribution in [1.82, 2.24) is 4.90 Å². The van der Waals surface area contributed by atoms with Gasteiger partial charge in [0.05, 0.1) is 18.2 Å². The number of hydrogen-bond donors (Lipinski definition) is 1. The highest BCUT2D eigenvalue weighted by atomic mass is 16.5. The fraction of sp³-hybridized carbons (Fsp3) is 0.667. The molecule has 2 fully saturated rings. The fourth-order valence-corrected chi connectivity index (χ4v) is 4.90. The summed E-state index contributed by atoms with van der Waals surface area (Å²) in [6, 6.07) is 5.98. The molecular formula is C21H30N2O3. The summed E-state index contributed by atoms with van der Waals surface area (Å²) in [4.78, 5) is 14.2. The third kappa shape index (κ3) is 2.91. The van der Waals surface area contributed by atoms with Gasteiger partial charge in [-0.3, -0.25) is 4.79 Å². The highest BCUT2D eigenvalue weighted by Gasteiger charge is 2.51. The molecule has 2 saturated heterocycles. The number of likely N-dealkylation sites (tertiary alicyclic amines) is 1. The first-order valence-corrected chi connectivity index (χ1v) is 9.75. The van der Waals surface area contributed by atoms with E-state index in [-0.39, 0.29) is 29.6 Å². The number of carbonyl (C=O) groups excluding carboxylic acids is 1. The molecule has 0 saturated carbocycles. The van der Waals surface area contributed by atoms with Crippen LogP contribution in [-0.2, 0) is 9.53 Å². The largest absolute Gasteiger partial charge is 0.487 e. The smallest absolute Gasteiger partial charge is 0.239 e. The Morgan fingerprint density at radius 2 is 2.15 bits per heavy atom. The van der Waals surface area contributed by atoms with Gasteiger partial charge < -0.3 is 20.1 Å². The zero-order chi connectivity index (χ0) is 18.6. The molecular weight excluding hydrogens is 328 g/mol. The maximum absolute atomic E-state index is 12.3. The lowest BCUT2D eigenvalue weighted by atomic mass is 9.70. The zero-order valence-corrected chi connectivity index (χ0v) is 16.2. The van der Waals surface area contributed by atoms with Crippen LogP contribution in [0.2, 0.25) is 0 Å². The number of nitrogens with zero attached hydrogens (tertiary/aromatic N) is 1. The van der Waals surface area contributed by atoms with E-state index in [0.717, 1.165) is 31.7 Å². The molecule has 0 radical (unpaired) electrons. The summed E-state index contributed by atoms with van der Waals surface area (Å²) in [5.41, 5.74) is 7.90. The number of nitrogens with two attached hydrogens (primary N) is 1. The van der Waals surface area contributed by atoms with Crippen LogP contribution in [0.5, 0.6) is 5.75 Å². The molecule has 5 heteroatoms. The Balaban J connectivity index is 1.60. The first kappa shape index (κ1) is 17.8. The van der Waals surface area contributed by atoms with E-state index in [1.54, 1.807) is 6.92 Å². The molecule has 3 aliphatic heterocycles. The van der Waals surface area contributed by atoms with Crippen LogP contribution in [-0.4, -0.2) is 41.6 Å². The first-order chi connectivity index (χ1) is 12.3. The molecule has 4 rings (SSSR count). The molecule has 1 amide bonds. The number of hydrogen-bond acceptors (Lipinski definition) is 4. The highest BCUT2D eigenvalue weighted by Crippen LogP contribution is 2.53. The van der Waals surface area contributed by atoms with E-state index in [9.17, 15) is 4.79 Å². The van der Waals surface area contributed by atoms with Gasteiger partial charge in [0.15, 0.2) is 0 Å². The summed E-state index contributed by atoms with van der Waals surface area (Å²) in [5.74, 6) is 1.64. The Bertz CT molecular complexity index is 715. The minimum Gasteiger partial charge on any atom is -0.487 e. The topological polar surface area (TPSA) is 64.8 Å². The number of piperidine rings is 1. The van der Waals surface area contributed by atoms with Crippen molar-refractivity contribution in [1.29, 1.82) is 0 Å². The molecule has 5 nitrogen and oxygen atoms in total. The average molecular weight is 358 g/mol. The van der Waals surface area contributed by atoms with Crippen LogP contribution in [0.15, 0.2) is 18.2 Å². The second-order valence-corrected chi connectivity index (χ2v) is 8.81. The van der Waals surface area contributed by atoms with E-state index in [0.29, 0.717) is 5.92 Å². The van der Waals surface area contributed by atoms with Crippen LogP contribution in [0.4, 0.5) is 0 Å². The van der Waals surface area contributed by atoms with E-state index in [4.69, 9.17) is 15.2 Å². The summed E-state index contributed by atoms with van der Waals surface area (Å²) in [7, 11) is 0. The van der Waals surface area contributed by atoms with Gasteiger partial charge >= 0.3 is 0 Å². The van der Waals surface area contributed by atoms with Gasteiger partial charge in [-0.2, -0.15) is 0 Å². The third-order valence-electron chi connectivity index (χ3n) is 6.35. The Morgan fingerprint density at radius 1 is 1.38 bits per heavy atom. The Kier molecular flexibility index (Phi) is 4.27. The summed E-state index contributed by atoms with van der Waals surface area (Å²) in [6.45, 7) is 9.65. The first-order valence-electron chi connectivity index (χ1n) is 9.75. The van der Waals surface area contributed by atoms with E-state index >= 15 is 0 Å². The molecule has 5 atom stereocenters. The maximum atomic E-state index is 12.3. The molecule has 3 aliphatic rings. The third-order valence-corrected chi connectivity index (χ3v) is 6.35. The molecule has 26 heavy (non-hydrogen) atoms. The molecule has 1 aromatic carbocycles. The Hall–Kier alpha value is -1.59. The van der Waals surface area contributed by atoms with Crippen LogP contribution in [0, 0.1) is 18.8 Å². The molecule has 0 unspecified atom stereocenters. The van der Waals surface area contributed by atoms with Crippen LogP contribution < -0.4 is 10.5 Å². The molecule has 0 aromatic heterocycles. The van der Waals surface area contributed by atoms with Gasteiger partial charge in [-0.1, -0.05) is 12.1 Å². The maximum Gasteiger partial charge on any atom is 0.239 e. The normalized spacial score (nSPS) is 33.3. The zero-order valence-electron chi connectivity index (χ0n) is 16.2. The van der Waals surface area contributed by atoms with E-state index in [1.807, 2.05) is 4.90 Å². The van der Waals surface area contributed by atoms with Crippen LogP contribution in [0.1, 0.15) is 50.8 Å². The Morgan fingerprint density at radius 3 is 2.88 bits per heavy atom. The van der Waals surface area contributed by atoms with Crippen molar-refractivity contribution in [3.63, 3.8) is 0 Å². The molecule has 1 aromatic rings. The van der Waals surface area contributed by atoms with Crippen molar-refractivity contribution in [2.75, 3.05) is 13.1 Å². The molecule has 0 spiro atoms. The van der Waals surface area contributed by atoms with Gasteiger partial charge in [0.1, 0.15) is 11.4 Å². The number of carbonyl (C=O) groups is 1. The summed E-state index contributed by atoms with van der Waals surface area (Å²) in [6.07, 6.45) is 2.18. The van der Waals surface area contributed by atoms with Crippen LogP contribution in [0.3, 0.4) is 0 Å². The van der Waals surface area contributed by atoms with E-state index in [2.05, 4.69) is 39.0 Å². The van der Waals surface area contributed by atoms with Crippen molar-refractivity contribution in [3.8, 4) is 5.75 Å². The number of rotatable bonds is 1. The minimum absolute atomic E-state index is 0.0468. The summed E-state index contributed by atoms with van der Waals surface area (Å²) >= 11 is 0. The number of amides is 1. The standard InChI is InChI=1S/C21H30N2O3/c1-12-5-6-15-18(9-12)26-21(3,4)16-10-14-11-23(20(24)13(2)22)8-7-17(14)25-19(15)16/h5-6,9,13-14,16-17,19H,7-8,10-11,22H2,1-4H3/t13-,14-,16+,17+,19-/m1/s1. The molecule has 3 heterocycles. The van der Waals surface area contributed by atoms with Gasteiger partial charge in [-0.25, -0.2) is 0 Å². The summed E-state index contributed by atoms with van der Waals surface area (Å²) in [5, 5.41) is 0. The van der Waals surface area contributed by atoms with Gasteiger partial charge in [-0.15, -0.1) is 0 Å². The minimum atomic E-state index is -0.437. The number of fused-ring (bicyclic) bond motifs is 4. The average Bonchev–Trinajstić information content (AvgIpc) is 2.58. The van der Waals surface area contributed by atoms with Gasteiger partial charge in [0.2, 0.25) is 5.91 Å². The van der Waals surface area contributed by atoms with Crippen molar-refractivity contribution in [2.45, 2.75) is 64.4 Å². The molecule has 2 N–H and O–H groups in total. The number of aryl methyl sites for hydroxylation is 1.